The molecule has 0 saturated carbocycles. The number of aliphatic hydroxyl groups is 1. The summed E-state index contributed by atoms with van der Waals surface area (Å²) in [5, 5.41) is 11.8. The molecule has 1 fully saturated rings. The summed E-state index contributed by atoms with van der Waals surface area (Å²) >= 11 is 5.32. The van der Waals surface area contributed by atoms with Gasteiger partial charge in [0.1, 0.15) is 0 Å². The monoisotopic (exact) mass is 289 g/mol. The Bertz CT molecular complexity index is 318. The molecule has 1 aliphatic heterocycles. The van der Waals surface area contributed by atoms with Crippen LogP contribution in [0.1, 0.15) is 18.2 Å². The predicted octanol–water partition coefficient (Wildman–Crippen LogP) is 2.71. The summed E-state index contributed by atoms with van der Waals surface area (Å²) in [4.78, 5) is 3.70. The van der Waals surface area contributed by atoms with Crippen molar-refractivity contribution >= 4 is 27.3 Å². The summed E-state index contributed by atoms with van der Waals surface area (Å²) < 4.78 is 1.19. The molecule has 1 aromatic heterocycles. The van der Waals surface area contributed by atoms with E-state index >= 15 is 0 Å². The molecule has 0 amide bonds. The highest BCUT2D eigenvalue weighted by Crippen LogP contribution is 2.26. The van der Waals surface area contributed by atoms with Gasteiger partial charge in [-0.05, 0) is 39.7 Å². The molecule has 4 heteroatoms. The average molecular weight is 290 g/mol. The van der Waals surface area contributed by atoms with E-state index in [-0.39, 0.29) is 6.10 Å². The van der Waals surface area contributed by atoms with Crippen molar-refractivity contribution in [1.82, 2.24) is 4.90 Å². The predicted molar refractivity (Wildman–Crippen MR) is 67.1 cm³/mol. The number of piperidine rings is 1. The Balaban J connectivity index is 1.97. The third kappa shape index (κ3) is 3.03. The molecule has 0 radical (unpaired) electrons. The first-order chi connectivity index (χ1) is 7.15. The number of rotatable bonds is 2. The van der Waals surface area contributed by atoms with Crippen molar-refractivity contribution in [1.29, 1.82) is 0 Å². The molecule has 2 rings (SSSR count). The average Bonchev–Trinajstić information content (AvgIpc) is 2.50. The third-order valence-corrected chi connectivity index (χ3v) is 4.68. The maximum Gasteiger partial charge on any atom is 0.0670 e. The van der Waals surface area contributed by atoms with Gasteiger partial charge in [-0.2, -0.15) is 0 Å². The van der Waals surface area contributed by atoms with Gasteiger partial charge < -0.3 is 5.11 Å². The molecule has 1 aliphatic rings. The van der Waals surface area contributed by atoms with Gasteiger partial charge in [-0.3, -0.25) is 4.90 Å². The van der Waals surface area contributed by atoms with Crippen LogP contribution in [-0.4, -0.2) is 29.2 Å². The zero-order chi connectivity index (χ0) is 10.8. The van der Waals surface area contributed by atoms with Crippen LogP contribution < -0.4 is 0 Å². The number of hydrogen-bond acceptors (Lipinski definition) is 3. The largest absolute Gasteiger partial charge is 0.392 e. The van der Waals surface area contributed by atoms with Crippen LogP contribution >= 0.6 is 27.3 Å². The molecule has 2 atom stereocenters. The highest BCUT2D eigenvalue weighted by atomic mass is 79.9. The topological polar surface area (TPSA) is 23.5 Å². The van der Waals surface area contributed by atoms with Gasteiger partial charge in [0.2, 0.25) is 0 Å². The number of likely N-dealkylation sites (tertiary alicyclic amines) is 1. The van der Waals surface area contributed by atoms with Crippen LogP contribution in [0.4, 0.5) is 0 Å². The minimum Gasteiger partial charge on any atom is -0.392 e. The molecular formula is C11H16BrNOS. The second-order valence-corrected chi connectivity index (χ2v) is 6.24. The molecule has 1 saturated heterocycles. The molecule has 84 valence electrons. The number of aliphatic hydroxyl groups excluding tert-OH is 1. The lowest BCUT2D eigenvalue weighted by atomic mass is 9.98. The lowest BCUT2D eigenvalue weighted by molar-refractivity contribution is 0.0413. The molecule has 0 bridgehead atoms. The van der Waals surface area contributed by atoms with E-state index in [4.69, 9.17) is 0 Å². The minimum absolute atomic E-state index is 0.146. The van der Waals surface area contributed by atoms with Crippen molar-refractivity contribution in [3.63, 3.8) is 0 Å². The van der Waals surface area contributed by atoms with Crippen LogP contribution in [-0.2, 0) is 6.54 Å². The van der Waals surface area contributed by atoms with E-state index in [1.165, 1.54) is 9.35 Å². The Morgan fingerprint density at radius 3 is 3.00 bits per heavy atom. The van der Waals surface area contributed by atoms with Crippen molar-refractivity contribution in [3.8, 4) is 0 Å². The van der Waals surface area contributed by atoms with E-state index < -0.39 is 0 Å². The summed E-state index contributed by atoms with van der Waals surface area (Å²) in [6.45, 7) is 5.08. The van der Waals surface area contributed by atoms with Crippen molar-refractivity contribution in [2.24, 2.45) is 5.92 Å². The van der Waals surface area contributed by atoms with Gasteiger partial charge in [0.05, 0.1) is 6.10 Å². The van der Waals surface area contributed by atoms with Gasteiger partial charge in [0.15, 0.2) is 0 Å². The van der Waals surface area contributed by atoms with Crippen molar-refractivity contribution < 1.29 is 5.11 Å². The summed E-state index contributed by atoms with van der Waals surface area (Å²) in [6, 6.07) is 2.09. The maximum absolute atomic E-state index is 9.70. The van der Waals surface area contributed by atoms with Crippen molar-refractivity contribution in [3.05, 3.63) is 20.8 Å². The van der Waals surface area contributed by atoms with Gasteiger partial charge in [-0.15, -0.1) is 11.3 Å². The lowest BCUT2D eigenvalue weighted by Crippen LogP contribution is -2.41. The fraction of sp³-hybridized carbons (Fsp3) is 0.636. The first-order valence-corrected chi connectivity index (χ1v) is 6.94. The standard InChI is InChI=1S/C11H16BrNOS/c1-8-4-9(14)6-13(5-8)7-11-10(12)2-3-15-11/h2-3,8-9,14H,4-7H2,1H3. The molecule has 2 unspecified atom stereocenters. The van der Waals surface area contributed by atoms with Crippen LogP contribution in [0.5, 0.6) is 0 Å². The van der Waals surface area contributed by atoms with Gasteiger partial charge >= 0.3 is 0 Å². The minimum atomic E-state index is -0.146. The van der Waals surface area contributed by atoms with Crippen molar-refractivity contribution in [2.75, 3.05) is 13.1 Å². The Morgan fingerprint density at radius 1 is 1.60 bits per heavy atom. The summed E-state index contributed by atoms with van der Waals surface area (Å²) in [7, 11) is 0. The van der Waals surface area contributed by atoms with Crippen LogP contribution in [0.3, 0.4) is 0 Å². The molecular weight excluding hydrogens is 274 g/mol. The second kappa shape index (κ2) is 4.95. The zero-order valence-electron chi connectivity index (χ0n) is 8.82. The molecule has 2 heterocycles. The molecule has 15 heavy (non-hydrogen) atoms. The van der Waals surface area contributed by atoms with Gasteiger partial charge in [0.25, 0.3) is 0 Å². The first-order valence-electron chi connectivity index (χ1n) is 5.27. The van der Waals surface area contributed by atoms with Gasteiger partial charge in [0, 0.05) is 29.0 Å². The van der Waals surface area contributed by atoms with E-state index in [0.29, 0.717) is 5.92 Å². The molecule has 0 spiro atoms. The summed E-state index contributed by atoms with van der Waals surface area (Å²) in [5.41, 5.74) is 0. The van der Waals surface area contributed by atoms with E-state index in [0.717, 1.165) is 26.1 Å². The number of nitrogens with zero attached hydrogens (tertiary/aromatic N) is 1. The number of thiophene rings is 1. The number of β-amino-alcohol motifs (C(OH)–C–C–N with tert-alkyl or cyclic N) is 1. The second-order valence-electron chi connectivity index (χ2n) is 4.38. The van der Waals surface area contributed by atoms with E-state index in [2.05, 4.69) is 39.2 Å². The highest BCUT2D eigenvalue weighted by Gasteiger charge is 2.23. The highest BCUT2D eigenvalue weighted by molar-refractivity contribution is 9.10. The van der Waals surface area contributed by atoms with Gasteiger partial charge in [-0.25, -0.2) is 0 Å². The molecule has 0 aromatic carbocycles. The summed E-state index contributed by atoms with van der Waals surface area (Å²) in [6.07, 6.45) is 0.801. The number of hydrogen-bond donors (Lipinski definition) is 1. The maximum atomic E-state index is 9.70. The van der Waals surface area contributed by atoms with Gasteiger partial charge in [-0.1, -0.05) is 6.92 Å². The smallest absolute Gasteiger partial charge is 0.0670 e. The Hall–Kier alpha value is 0.100. The zero-order valence-corrected chi connectivity index (χ0v) is 11.2. The molecule has 2 nitrogen and oxygen atoms in total. The molecule has 1 aromatic rings. The first kappa shape index (κ1) is 11.6. The van der Waals surface area contributed by atoms with Crippen LogP contribution in [0.25, 0.3) is 0 Å². The Kier molecular flexibility index (Phi) is 3.83. The van der Waals surface area contributed by atoms with E-state index in [1.807, 2.05) is 0 Å². The van der Waals surface area contributed by atoms with Crippen LogP contribution in [0.2, 0.25) is 0 Å². The molecule has 0 aliphatic carbocycles. The normalized spacial score (nSPS) is 28.2. The third-order valence-electron chi connectivity index (χ3n) is 2.77. The summed E-state index contributed by atoms with van der Waals surface area (Å²) in [5.74, 6) is 0.604. The number of halogens is 1. The Morgan fingerprint density at radius 2 is 2.40 bits per heavy atom. The van der Waals surface area contributed by atoms with Crippen LogP contribution in [0.15, 0.2) is 15.9 Å². The Labute approximate surface area is 103 Å². The quantitative estimate of drug-likeness (QED) is 0.905. The lowest BCUT2D eigenvalue weighted by Gasteiger charge is -2.33. The fourth-order valence-corrected chi connectivity index (χ4v) is 3.72. The van der Waals surface area contributed by atoms with E-state index in [9.17, 15) is 5.11 Å². The van der Waals surface area contributed by atoms with Crippen LogP contribution in [0, 0.1) is 5.92 Å². The SMILES string of the molecule is CC1CC(O)CN(Cc2sccc2Br)C1. The fourth-order valence-electron chi connectivity index (χ4n) is 2.20. The molecule has 1 N–H and O–H groups in total. The van der Waals surface area contributed by atoms with E-state index in [1.54, 1.807) is 11.3 Å². The van der Waals surface area contributed by atoms with Crippen molar-refractivity contribution in [2.45, 2.75) is 26.0 Å².